The van der Waals surface area contributed by atoms with Gasteiger partial charge in [-0.3, -0.25) is 4.55 Å². The lowest BCUT2D eigenvalue weighted by Crippen LogP contribution is -1.99. The molecule has 0 fully saturated rings. The number of hydrogen-bond donors (Lipinski definition) is 1. The second kappa shape index (κ2) is 4.35. The van der Waals surface area contributed by atoms with Crippen molar-refractivity contribution in [3.8, 4) is 0 Å². The van der Waals surface area contributed by atoms with E-state index in [0.29, 0.717) is 10.8 Å². The maximum Gasteiger partial charge on any atom is 0.297 e. The molecule has 17 heavy (non-hydrogen) atoms. The molecule has 0 heterocycles. The van der Waals surface area contributed by atoms with E-state index >= 15 is 0 Å². The van der Waals surface area contributed by atoms with E-state index in [2.05, 4.69) is 22.4 Å². The van der Waals surface area contributed by atoms with Gasteiger partial charge < -0.3 is 0 Å². The summed E-state index contributed by atoms with van der Waals surface area (Å²) in [4.78, 5) is 3.41. The molecule has 6 heteroatoms. The van der Waals surface area contributed by atoms with Crippen molar-refractivity contribution in [1.82, 2.24) is 0 Å². The molecule has 2 aromatic rings. The molecule has 0 radical (unpaired) electrons. The smallest absolute Gasteiger partial charge is 0.282 e. The van der Waals surface area contributed by atoms with Gasteiger partial charge in [0.1, 0.15) is 4.90 Å². The molecule has 0 aliphatic carbocycles. The molecule has 0 spiro atoms. The molecule has 0 unspecified atom stereocenters. The van der Waals surface area contributed by atoms with Gasteiger partial charge in [0.05, 0.1) is 10.8 Å². The Bertz CT molecular complexity index is 731. The molecule has 0 amide bonds. The number of hydrogen-bond acceptors (Lipinski definition) is 4. The van der Waals surface area contributed by atoms with Gasteiger partial charge in [-0.25, -0.2) is 0 Å². The summed E-state index contributed by atoms with van der Waals surface area (Å²) in [5.41, 5.74) is 0.0844. The molecule has 2 aromatic carbocycles. The Labute approximate surface area is 103 Å². The van der Waals surface area contributed by atoms with E-state index < -0.39 is 10.1 Å². The highest BCUT2D eigenvalue weighted by molar-refractivity contribution is 7.86. The molecule has 0 bridgehead atoms. The summed E-state index contributed by atoms with van der Waals surface area (Å²) in [6, 6.07) is 9.98. The maximum atomic E-state index is 11.4. The highest BCUT2D eigenvalue weighted by Gasteiger charge is 2.18. The Kier molecular flexibility index (Phi) is 3.04. The first kappa shape index (κ1) is 11.9. The van der Waals surface area contributed by atoms with Gasteiger partial charge in [-0.1, -0.05) is 30.3 Å². The molecular formula is C11H7NO3S2. The summed E-state index contributed by atoms with van der Waals surface area (Å²) < 4.78 is 32.0. The van der Waals surface area contributed by atoms with E-state index in [9.17, 15) is 13.0 Å². The second-order valence-electron chi connectivity index (χ2n) is 3.31. The van der Waals surface area contributed by atoms with Gasteiger partial charge in [0.25, 0.3) is 10.1 Å². The van der Waals surface area contributed by atoms with Crippen LogP contribution in [0, 0.1) is 0 Å². The normalized spacial score (nSPS) is 11.1. The molecule has 0 saturated carbocycles. The molecule has 4 nitrogen and oxygen atoms in total. The third-order valence-corrected chi connectivity index (χ3v) is 3.32. The number of aliphatic imine (C=N–C) groups is 1. The van der Waals surface area contributed by atoms with Crippen molar-refractivity contribution >= 4 is 44.0 Å². The molecule has 86 valence electrons. The predicted molar refractivity (Wildman–Crippen MR) is 68.4 cm³/mol. The molecule has 0 aromatic heterocycles. The van der Waals surface area contributed by atoms with Gasteiger partial charge in [-0.05, 0) is 23.7 Å². The molecule has 0 atom stereocenters. The maximum absolute atomic E-state index is 11.4. The summed E-state index contributed by atoms with van der Waals surface area (Å²) in [5.74, 6) is 0. The standard InChI is InChI=1S/C11H7NO3S2/c13-17(14,15)11-9-4-2-1-3-8(9)5-6-10(11)12-7-16/h1-6H,(H,13,14,15). The van der Waals surface area contributed by atoms with Gasteiger partial charge in [0.2, 0.25) is 0 Å². The Morgan fingerprint density at radius 3 is 2.53 bits per heavy atom. The zero-order valence-electron chi connectivity index (χ0n) is 8.49. The molecule has 2 rings (SSSR count). The summed E-state index contributed by atoms with van der Waals surface area (Å²) >= 11 is 4.45. The number of thiocarbonyl (C=S) groups is 1. The monoisotopic (exact) mass is 265 g/mol. The van der Waals surface area contributed by atoms with Gasteiger partial charge in [0, 0.05) is 5.39 Å². The third-order valence-electron chi connectivity index (χ3n) is 2.28. The van der Waals surface area contributed by atoms with Crippen molar-refractivity contribution < 1.29 is 13.0 Å². The Morgan fingerprint density at radius 2 is 1.88 bits per heavy atom. The van der Waals surface area contributed by atoms with E-state index in [1.54, 1.807) is 30.3 Å². The fourth-order valence-corrected chi connectivity index (χ4v) is 2.58. The Morgan fingerprint density at radius 1 is 1.18 bits per heavy atom. The lowest BCUT2D eigenvalue weighted by molar-refractivity contribution is 0.484. The van der Waals surface area contributed by atoms with Crippen LogP contribution < -0.4 is 0 Å². The molecule has 0 aliphatic heterocycles. The first-order valence-corrected chi connectivity index (χ1v) is 6.46. The first-order valence-electron chi connectivity index (χ1n) is 4.61. The summed E-state index contributed by atoms with van der Waals surface area (Å²) in [7, 11) is -4.36. The third kappa shape index (κ3) is 2.25. The van der Waals surface area contributed by atoms with Crippen LogP contribution in [0.5, 0.6) is 0 Å². The van der Waals surface area contributed by atoms with E-state index in [-0.39, 0.29) is 10.6 Å². The summed E-state index contributed by atoms with van der Waals surface area (Å²) in [5, 5.41) is 3.20. The average molecular weight is 265 g/mol. The predicted octanol–water partition coefficient (Wildman–Crippen LogP) is 2.82. The number of rotatable bonds is 2. The Hall–Kier alpha value is -1.59. The quantitative estimate of drug-likeness (QED) is 0.515. The van der Waals surface area contributed by atoms with Gasteiger partial charge in [0.15, 0.2) is 0 Å². The molecule has 0 saturated heterocycles. The fraction of sp³-hybridized carbons (Fsp3) is 0. The van der Waals surface area contributed by atoms with Gasteiger partial charge >= 0.3 is 0 Å². The van der Waals surface area contributed by atoms with E-state index in [0.717, 1.165) is 0 Å². The van der Waals surface area contributed by atoms with Crippen molar-refractivity contribution in [1.29, 1.82) is 0 Å². The minimum Gasteiger partial charge on any atom is -0.282 e. The van der Waals surface area contributed by atoms with Crippen LogP contribution in [0.4, 0.5) is 5.69 Å². The van der Waals surface area contributed by atoms with E-state index in [1.165, 1.54) is 6.07 Å². The van der Waals surface area contributed by atoms with Crippen LogP contribution >= 0.6 is 12.2 Å². The van der Waals surface area contributed by atoms with Gasteiger partial charge in [-0.2, -0.15) is 13.4 Å². The van der Waals surface area contributed by atoms with Crippen LogP contribution in [0.1, 0.15) is 0 Å². The number of nitrogens with zero attached hydrogens (tertiary/aromatic N) is 1. The van der Waals surface area contributed by atoms with Crippen LogP contribution in [0.2, 0.25) is 0 Å². The van der Waals surface area contributed by atoms with Crippen molar-refractivity contribution in [2.45, 2.75) is 4.90 Å². The van der Waals surface area contributed by atoms with E-state index in [4.69, 9.17) is 0 Å². The minimum atomic E-state index is -4.36. The number of fused-ring (bicyclic) bond motifs is 1. The van der Waals surface area contributed by atoms with Crippen LogP contribution in [-0.2, 0) is 10.1 Å². The van der Waals surface area contributed by atoms with Crippen LogP contribution in [0.15, 0.2) is 46.3 Å². The SMILES string of the molecule is O=S(=O)(O)c1c(N=C=S)ccc2ccccc12. The molecular weight excluding hydrogens is 258 g/mol. The molecule has 1 N–H and O–H groups in total. The molecule has 0 aliphatic rings. The zero-order valence-corrected chi connectivity index (χ0v) is 10.1. The van der Waals surface area contributed by atoms with Crippen molar-refractivity contribution in [2.24, 2.45) is 4.99 Å². The van der Waals surface area contributed by atoms with Gasteiger partial charge in [-0.15, -0.1) is 0 Å². The van der Waals surface area contributed by atoms with Crippen LogP contribution in [0.3, 0.4) is 0 Å². The number of benzene rings is 2. The second-order valence-corrected chi connectivity index (χ2v) is 4.85. The van der Waals surface area contributed by atoms with Crippen molar-refractivity contribution in [3.63, 3.8) is 0 Å². The van der Waals surface area contributed by atoms with Crippen molar-refractivity contribution in [3.05, 3.63) is 36.4 Å². The van der Waals surface area contributed by atoms with Crippen LogP contribution in [0.25, 0.3) is 10.8 Å². The zero-order chi connectivity index (χ0) is 12.5. The highest BCUT2D eigenvalue weighted by Crippen LogP contribution is 2.31. The topological polar surface area (TPSA) is 66.7 Å². The highest BCUT2D eigenvalue weighted by atomic mass is 32.2. The summed E-state index contributed by atoms with van der Waals surface area (Å²) in [6.45, 7) is 0. The Balaban J connectivity index is 3.00. The fourth-order valence-electron chi connectivity index (χ4n) is 1.64. The average Bonchev–Trinajstić information content (AvgIpc) is 2.27. The largest absolute Gasteiger partial charge is 0.297 e. The van der Waals surface area contributed by atoms with Crippen molar-refractivity contribution in [2.75, 3.05) is 0 Å². The first-order chi connectivity index (χ1) is 8.04. The lowest BCUT2D eigenvalue weighted by Gasteiger charge is -2.06. The summed E-state index contributed by atoms with van der Waals surface area (Å²) in [6.07, 6.45) is 0. The van der Waals surface area contributed by atoms with E-state index in [1.807, 2.05) is 0 Å². The number of isothiocyanates is 1. The lowest BCUT2D eigenvalue weighted by atomic mass is 10.1. The van der Waals surface area contributed by atoms with Crippen LogP contribution in [-0.4, -0.2) is 18.1 Å². The minimum absolute atomic E-state index is 0.0844.